The van der Waals surface area contributed by atoms with Gasteiger partial charge in [0.25, 0.3) is 0 Å². The molecule has 2 aromatic carbocycles. The molecule has 3 heterocycles. The normalized spacial score (nSPS) is 16.4. The second-order valence-electron chi connectivity index (χ2n) is 9.12. The van der Waals surface area contributed by atoms with E-state index in [0.29, 0.717) is 28.5 Å². The minimum Gasteiger partial charge on any atom is -0.494 e. The van der Waals surface area contributed by atoms with Gasteiger partial charge in [0.1, 0.15) is 11.8 Å². The van der Waals surface area contributed by atoms with Crippen molar-refractivity contribution in [3.63, 3.8) is 0 Å². The first-order chi connectivity index (χ1) is 19.4. The first-order valence-electron chi connectivity index (χ1n) is 12.8. The Labute approximate surface area is 237 Å². The average molecular weight is 556 g/mol. The van der Waals surface area contributed by atoms with Crippen molar-refractivity contribution < 1.29 is 19.1 Å². The van der Waals surface area contributed by atoms with Gasteiger partial charge in [-0.25, -0.2) is 4.79 Å². The van der Waals surface area contributed by atoms with Crippen LogP contribution in [0, 0.1) is 0 Å². The van der Waals surface area contributed by atoms with Crippen LogP contribution in [0.4, 0.5) is 11.4 Å². The van der Waals surface area contributed by atoms with E-state index in [9.17, 15) is 9.59 Å². The van der Waals surface area contributed by atoms with Gasteiger partial charge in [-0.3, -0.25) is 9.78 Å². The fraction of sp³-hybridized carbons (Fsp3) is 0.200. The third kappa shape index (κ3) is 5.13. The molecule has 1 saturated heterocycles. The van der Waals surface area contributed by atoms with E-state index in [0.717, 1.165) is 22.8 Å². The molecule has 4 aromatic rings. The van der Waals surface area contributed by atoms with Gasteiger partial charge in [-0.05, 0) is 72.9 Å². The number of carbonyl (C=O) groups excluding carboxylic acids is 2. The van der Waals surface area contributed by atoms with Crippen molar-refractivity contribution in [1.29, 1.82) is 0 Å². The lowest BCUT2D eigenvalue weighted by atomic mass is 10.0. The molecule has 0 saturated carbocycles. The number of ether oxygens (including phenoxy) is 2. The summed E-state index contributed by atoms with van der Waals surface area (Å²) in [7, 11) is 2.93. The highest BCUT2D eigenvalue weighted by molar-refractivity contribution is 7.80. The van der Waals surface area contributed by atoms with Crippen molar-refractivity contribution in [3.8, 4) is 11.4 Å². The highest BCUT2D eigenvalue weighted by Gasteiger charge is 2.42. The molecule has 0 bridgehead atoms. The van der Waals surface area contributed by atoms with Gasteiger partial charge in [0.05, 0.1) is 37.2 Å². The number of rotatable bonds is 8. The highest BCUT2D eigenvalue weighted by Crippen LogP contribution is 2.43. The van der Waals surface area contributed by atoms with E-state index >= 15 is 0 Å². The van der Waals surface area contributed by atoms with Crippen LogP contribution in [-0.2, 0) is 9.53 Å². The molecule has 1 aliphatic heterocycles. The number of amides is 1. The van der Waals surface area contributed by atoms with Crippen LogP contribution in [0.2, 0.25) is 0 Å². The second-order valence-corrected chi connectivity index (χ2v) is 9.51. The van der Waals surface area contributed by atoms with E-state index in [1.165, 1.54) is 7.11 Å². The van der Waals surface area contributed by atoms with Crippen LogP contribution in [0.25, 0.3) is 5.69 Å². The first-order valence-corrected chi connectivity index (χ1v) is 13.2. The van der Waals surface area contributed by atoms with E-state index in [-0.39, 0.29) is 18.0 Å². The summed E-state index contributed by atoms with van der Waals surface area (Å²) in [5, 5.41) is 6.88. The summed E-state index contributed by atoms with van der Waals surface area (Å²) in [5.74, 6) is 0.0306. The van der Waals surface area contributed by atoms with Crippen molar-refractivity contribution in [2.75, 3.05) is 24.4 Å². The van der Waals surface area contributed by atoms with E-state index in [1.54, 1.807) is 32.4 Å². The minimum absolute atomic E-state index is 0.103. The summed E-state index contributed by atoms with van der Waals surface area (Å²) >= 11 is 5.89. The quantitative estimate of drug-likeness (QED) is 0.226. The Balaban J connectivity index is 1.60. The number of pyridine rings is 1. The lowest BCUT2D eigenvalue weighted by Crippen LogP contribution is -2.30. The third-order valence-electron chi connectivity index (χ3n) is 6.81. The van der Waals surface area contributed by atoms with Gasteiger partial charge < -0.3 is 29.6 Å². The molecule has 0 aliphatic carbocycles. The number of anilines is 2. The number of carbonyl (C=O) groups is 2. The molecule has 0 spiro atoms. The largest absolute Gasteiger partial charge is 0.494 e. The van der Waals surface area contributed by atoms with Crippen molar-refractivity contribution in [3.05, 3.63) is 102 Å². The van der Waals surface area contributed by atoms with Gasteiger partial charge in [0.15, 0.2) is 5.11 Å². The van der Waals surface area contributed by atoms with Crippen molar-refractivity contribution in [2.45, 2.75) is 25.4 Å². The molecule has 1 fully saturated rings. The van der Waals surface area contributed by atoms with Crippen LogP contribution < -0.4 is 20.3 Å². The SMILES string of the molecule is CCC(=O)Nc1ccc(N2C(=S)NC(c3ccccn3)C2c2cccn2-c2ccc(C(=O)OC)cc2)cc1OC. The third-order valence-corrected chi connectivity index (χ3v) is 7.12. The van der Waals surface area contributed by atoms with E-state index < -0.39 is 5.97 Å². The van der Waals surface area contributed by atoms with Crippen LogP contribution in [0.3, 0.4) is 0 Å². The number of hydrogen-bond donors (Lipinski definition) is 2. The van der Waals surface area contributed by atoms with Crippen LogP contribution in [0.5, 0.6) is 5.75 Å². The predicted molar refractivity (Wildman–Crippen MR) is 157 cm³/mol. The summed E-state index contributed by atoms with van der Waals surface area (Å²) in [6.07, 6.45) is 4.09. The molecule has 1 amide bonds. The second kappa shape index (κ2) is 11.6. The summed E-state index contributed by atoms with van der Waals surface area (Å²) in [6, 6.07) is 22.1. The number of benzene rings is 2. The summed E-state index contributed by atoms with van der Waals surface area (Å²) < 4.78 is 12.6. The predicted octanol–water partition coefficient (Wildman–Crippen LogP) is 5.19. The van der Waals surface area contributed by atoms with Crippen LogP contribution in [0.1, 0.15) is 47.2 Å². The lowest BCUT2D eigenvalue weighted by Gasteiger charge is -2.29. The number of methoxy groups -OCH3 is 2. The van der Waals surface area contributed by atoms with Gasteiger partial charge in [0, 0.05) is 41.9 Å². The number of nitrogens with one attached hydrogen (secondary N) is 2. The standard InChI is InChI=1S/C30H29N5O4S/c1-4-26(36)32-22-15-14-21(18-25(22)38-2)35-28(27(33-30(35)40)23-8-5-6-16-31-23)24-9-7-17-34(24)20-12-10-19(11-13-20)29(37)39-3/h5-18,27-28H,4H2,1-3H3,(H,32,36)(H,33,40). The fourth-order valence-electron chi connectivity index (χ4n) is 4.85. The molecule has 10 heteroatoms. The van der Waals surface area contributed by atoms with Gasteiger partial charge in [0.2, 0.25) is 5.91 Å². The van der Waals surface area contributed by atoms with Gasteiger partial charge in [-0.1, -0.05) is 13.0 Å². The van der Waals surface area contributed by atoms with Gasteiger partial charge in [-0.15, -0.1) is 0 Å². The lowest BCUT2D eigenvalue weighted by molar-refractivity contribution is -0.115. The maximum Gasteiger partial charge on any atom is 0.337 e. The molecule has 2 aromatic heterocycles. The van der Waals surface area contributed by atoms with Crippen LogP contribution >= 0.6 is 12.2 Å². The Bertz CT molecular complexity index is 1540. The van der Waals surface area contributed by atoms with Gasteiger partial charge in [-0.2, -0.15) is 0 Å². The Morgan fingerprint density at radius 2 is 1.80 bits per heavy atom. The molecule has 9 nitrogen and oxygen atoms in total. The number of aromatic nitrogens is 2. The molecular formula is C30H29N5O4S. The van der Waals surface area contributed by atoms with Crippen LogP contribution in [-0.4, -0.2) is 40.8 Å². The molecule has 40 heavy (non-hydrogen) atoms. The van der Waals surface area contributed by atoms with Gasteiger partial charge >= 0.3 is 5.97 Å². The maximum absolute atomic E-state index is 12.1. The zero-order valence-electron chi connectivity index (χ0n) is 22.3. The average Bonchev–Trinajstić information content (AvgIpc) is 3.61. The molecule has 204 valence electrons. The van der Waals surface area contributed by atoms with Crippen molar-refractivity contribution in [2.24, 2.45) is 0 Å². The zero-order valence-corrected chi connectivity index (χ0v) is 23.1. The Morgan fingerprint density at radius 1 is 1.02 bits per heavy atom. The Kier molecular flexibility index (Phi) is 7.79. The molecule has 2 atom stereocenters. The Hall–Kier alpha value is -4.70. The maximum atomic E-state index is 12.1. The molecule has 2 unspecified atom stereocenters. The zero-order chi connectivity index (χ0) is 28.2. The first kappa shape index (κ1) is 26.9. The number of nitrogens with zero attached hydrogens (tertiary/aromatic N) is 3. The number of hydrogen-bond acceptors (Lipinski definition) is 6. The smallest absolute Gasteiger partial charge is 0.337 e. The number of esters is 1. The molecular weight excluding hydrogens is 526 g/mol. The summed E-state index contributed by atoms with van der Waals surface area (Å²) in [4.78, 5) is 30.7. The van der Waals surface area contributed by atoms with Crippen LogP contribution in [0.15, 0.2) is 85.2 Å². The highest BCUT2D eigenvalue weighted by atomic mass is 32.1. The molecule has 5 rings (SSSR count). The molecule has 2 N–H and O–H groups in total. The molecule has 1 aliphatic rings. The van der Waals surface area contributed by atoms with E-state index in [2.05, 4.69) is 20.2 Å². The Morgan fingerprint density at radius 3 is 2.48 bits per heavy atom. The van der Waals surface area contributed by atoms with Crippen molar-refractivity contribution in [1.82, 2.24) is 14.9 Å². The number of thiocarbonyl (C=S) groups is 1. The fourth-order valence-corrected chi connectivity index (χ4v) is 5.20. The topological polar surface area (TPSA) is 97.7 Å². The van der Waals surface area contributed by atoms with Crippen molar-refractivity contribution >= 4 is 40.6 Å². The summed E-state index contributed by atoms with van der Waals surface area (Å²) in [6.45, 7) is 1.80. The molecule has 0 radical (unpaired) electrons. The minimum atomic E-state index is -0.390. The summed E-state index contributed by atoms with van der Waals surface area (Å²) in [5.41, 5.74) is 4.52. The van der Waals surface area contributed by atoms with E-state index in [4.69, 9.17) is 21.7 Å². The van der Waals surface area contributed by atoms with E-state index in [1.807, 2.05) is 71.8 Å². The monoisotopic (exact) mass is 555 g/mol.